The lowest BCUT2D eigenvalue weighted by atomic mass is 9.93. The van der Waals surface area contributed by atoms with E-state index in [0.29, 0.717) is 0 Å². The second-order valence-electron chi connectivity index (χ2n) is 6.82. The highest BCUT2D eigenvalue weighted by Gasteiger charge is 2.31. The summed E-state index contributed by atoms with van der Waals surface area (Å²) in [5.74, 6) is 0.868. The Morgan fingerprint density at radius 2 is 1.63 bits per heavy atom. The molecule has 4 aromatic rings. The van der Waals surface area contributed by atoms with Gasteiger partial charge in [-0.2, -0.15) is 0 Å². The van der Waals surface area contributed by atoms with Crippen molar-refractivity contribution in [1.82, 2.24) is 9.55 Å². The number of fused-ring (bicyclic) bond motifs is 3. The number of rotatable bonds is 2. The molecule has 1 aliphatic rings. The van der Waals surface area contributed by atoms with E-state index in [9.17, 15) is 0 Å². The van der Waals surface area contributed by atoms with Crippen LogP contribution in [0.2, 0.25) is 10.0 Å². The molecule has 1 N–H and O–H groups in total. The molecule has 5 heteroatoms. The SMILES string of the molecule is Clc1ccc([C@@H]2C[C@@H](c3ccccc3Cl)n3c(nc4ccccc43)N2)cc1. The fourth-order valence-corrected chi connectivity index (χ4v) is 4.32. The molecule has 134 valence electrons. The van der Waals surface area contributed by atoms with Crippen molar-refractivity contribution in [2.45, 2.75) is 18.5 Å². The van der Waals surface area contributed by atoms with Gasteiger partial charge in [-0.3, -0.25) is 0 Å². The highest BCUT2D eigenvalue weighted by Crippen LogP contribution is 2.42. The van der Waals surface area contributed by atoms with Crippen molar-refractivity contribution in [3.8, 4) is 0 Å². The maximum Gasteiger partial charge on any atom is 0.204 e. The average molecular weight is 394 g/mol. The molecule has 1 aliphatic heterocycles. The summed E-state index contributed by atoms with van der Waals surface area (Å²) in [5.41, 5.74) is 4.40. The lowest BCUT2D eigenvalue weighted by Crippen LogP contribution is -2.27. The van der Waals surface area contributed by atoms with E-state index in [-0.39, 0.29) is 12.1 Å². The van der Waals surface area contributed by atoms with Crippen molar-refractivity contribution in [2.75, 3.05) is 5.32 Å². The van der Waals surface area contributed by atoms with Gasteiger partial charge in [0.15, 0.2) is 0 Å². The maximum absolute atomic E-state index is 6.59. The summed E-state index contributed by atoms with van der Waals surface area (Å²) in [6.45, 7) is 0. The molecule has 0 unspecified atom stereocenters. The fraction of sp³-hybridized carbons (Fsp3) is 0.136. The van der Waals surface area contributed by atoms with Gasteiger partial charge in [-0.15, -0.1) is 0 Å². The number of hydrogen-bond donors (Lipinski definition) is 1. The van der Waals surface area contributed by atoms with Gasteiger partial charge in [-0.05, 0) is 47.9 Å². The number of para-hydroxylation sites is 2. The first-order valence-electron chi connectivity index (χ1n) is 8.94. The van der Waals surface area contributed by atoms with Crippen LogP contribution in [0.25, 0.3) is 11.0 Å². The van der Waals surface area contributed by atoms with E-state index in [1.807, 2.05) is 48.5 Å². The van der Waals surface area contributed by atoms with E-state index >= 15 is 0 Å². The molecule has 0 saturated heterocycles. The lowest BCUT2D eigenvalue weighted by molar-refractivity contribution is 0.477. The van der Waals surface area contributed by atoms with Crippen LogP contribution in [-0.2, 0) is 0 Å². The molecule has 3 aromatic carbocycles. The van der Waals surface area contributed by atoms with Crippen LogP contribution in [0.5, 0.6) is 0 Å². The molecule has 0 aliphatic carbocycles. The first kappa shape index (κ1) is 16.7. The number of imidazole rings is 1. The maximum atomic E-state index is 6.59. The summed E-state index contributed by atoms with van der Waals surface area (Å²) in [7, 11) is 0. The molecule has 0 saturated carbocycles. The summed E-state index contributed by atoms with van der Waals surface area (Å²) in [6, 6.07) is 24.5. The molecule has 27 heavy (non-hydrogen) atoms. The van der Waals surface area contributed by atoms with Crippen LogP contribution in [0.4, 0.5) is 5.95 Å². The smallest absolute Gasteiger partial charge is 0.204 e. The van der Waals surface area contributed by atoms with E-state index in [4.69, 9.17) is 28.2 Å². The van der Waals surface area contributed by atoms with Crippen LogP contribution >= 0.6 is 23.2 Å². The second-order valence-corrected chi connectivity index (χ2v) is 7.66. The van der Waals surface area contributed by atoms with Gasteiger partial charge in [0, 0.05) is 10.0 Å². The average Bonchev–Trinajstić information content (AvgIpc) is 3.07. The monoisotopic (exact) mass is 393 g/mol. The number of hydrogen-bond acceptors (Lipinski definition) is 2. The molecule has 3 nitrogen and oxygen atoms in total. The number of benzene rings is 3. The van der Waals surface area contributed by atoms with E-state index in [0.717, 1.165) is 39.0 Å². The lowest BCUT2D eigenvalue weighted by Gasteiger charge is -2.34. The molecule has 2 heterocycles. The fourth-order valence-electron chi connectivity index (χ4n) is 3.93. The van der Waals surface area contributed by atoms with Gasteiger partial charge in [0.05, 0.1) is 23.1 Å². The van der Waals surface area contributed by atoms with Gasteiger partial charge in [-0.1, -0.05) is 65.7 Å². The molecule has 0 radical (unpaired) electrons. The Morgan fingerprint density at radius 3 is 2.44 bits per heavy atom. The molecular weight excluding hydrogens is 377 g/mol. The van der Waals surface area contributed by atoms with Crippen LogP contribution in [0, 0.1) is 0 Å². The van der Waals surface area contributed by atoms with Crippen LogP contribution in [-0.4, -0.2) is 9.55 Å². The van der Waals surface area contributed by atoms with Crippen LogP contribution < -0.4 is 5.32 Å². The number of halogens is 2. The first-order chi connectivity index (χ1) is 13.2. The normalized spacial score (nSPS) is 18.9. The molecular formula is C22H17Cl2N3. The Kier molecular flexibility index (Phi) is 4.07. The molecule has 1 aromatic heterocycles. The minimum atomic E-state index is 0.100. The highest BCUT2D eigenvalue weighted by molar-refractivity contribution is 6.31. The molecule has 5 rings (SSSR count). The Balaban J connectivity index is 1.68. The Hall–Kier alpha value is -2.49. The van der Waals surface area contributed by atoms with Gasteiger partial charge < -0.3 is 9.88 Å². The Bertz CT molecular complexity index is 1120. The van der Waals surface area contributed by atoms with Crippen LogP contribution in [0.1, 0.15) is 29.6 Å². The minimum absolute atomic E-state index is 0.100. The van der Waals surface area contributed by atoms with Gasteiger partial charge in [0.25, 0.3) is 0 Å². The molecule has 0 spiro atoms. The number of nitrogens with one attached hydrogen (secondary N) is 1. The molecule has 0 fully saturated rings. The zero-order valence-corrected chi connectivity index (χ0v) is 16.0. The number of aromatic nitrogens is 2. The van der Waals surface area contributed by atoms with E-state index < -0.39 is 0 Å². The van der Waals surface area contributed by atoms with E-state index in [2.05, 4.69) is 34.1 Å². The molecule has 0 bridgehead atoms. The summed E-state index contributed by atoms with van der Waals surface area (Å²) in [6.07, 6.45) is 0.874. The van der Waals surface area contributed by atoms with Crippen molar-refractivity contribution in [3.05, 3.63) is 94.0 Å². The van der Waals surface area contributed by atoms with Crippen molar-refractivity contribution in [1.29, 1.82) is 0 Å². The van der Waals surface area contributed by atoms with Crippen molar-refractivity contribution >= 4 is 40.2 Å². The third kappa shape index (κ3) is 2.88. The van der Waals surface area contributed by atoms with Crippen LogP contribution in [0.3, 0.4) is 0 Å². The number of anilines is 1. The second kappa shape index (κ2) is 6.59. The molecule has 2 atom stereocenters. The predicted octanol–water partition coefficient (Wildman–Crippen LogP) is 6.49. The standard InChI is InChI=1S/C22H17Cl2N3/c23-15-11-9-14(10-12-15)19-13-21(16-5-1-2-6-17(16)24)27-20-8-4-3-7-18(20)25-22(27)26-19/h1-12,19,21H,13H2,(H,25,26)/t19-,21-/m0/s1. The van der Waals surface area contributed by atoms with Gasteiger partial charge in [0.2, 0.25) is 5.95 Å². The van der Waals surface area contributed by atoms with E-state index in [1.54, 1.807) is 0 Å². The Morgan fingerprint density at radius 1 is 0.889 bits per heavy atom. The van der Waals surface area contributed by atoms with Gasteiger partial charge in [-0.25, -0.2) is 4.98 Å². The first-order valence-corrected chi connectivity index (χ1v) is 9.70. The number of nitrogens with zero attached hydrogens (tertiary/aromatic N) is 2. The van der Waals surface area contributed by atoms with Crippen molar-refractivity contribution in [3.63, 3.8) is 0 Å². The largest absolute Gasteiger partial charge is 0.349 e. The summed E-state index contributed by atoms with van der Waals surface area (Å²) < 4.78 is 2.27. The quantitative estimate of drug-likeness (QED) is 0.421. The summed E-state index contributed by atoms with van der Waals surface area (Å²) >= 11 is 12.7. The van der Waals surface area contributed by atoms with Crippen LogP contribution in [0.15, 0.2) is 72.8 Å². The highest BCUT2D eigenvalue weighted by atomic mass is 35.5. The van der Waals surface area contributed by atoms with Gasteiger partial charge in [0.1, 0.15) is 0 Å². The molecule has 0 amide bonds. The van der Waals surface area contributed by atoms with Crippen molar-refractivity contribution < 1.29 is 0 Å². The third-order valence-electron chi connectivity index (χ3n) is 5.21. The van der Waals surface area contributed by atoms with Gasteiger partial charge >= 0.3 is 0 Å². The summed E-state index contributed by atoms with van der Waals surface area (Å²) in [4.78, 5) is 4.83. The minimum Gasteiger partial charge on any atom is -0.349 e. The third-order valence-corrected chi connectivity index (χ3v) is 5.80. The summed E-state index contributed by atoms with van der Waals surface area (Å²) in [5, 5.41) is 5.13. The topological polar surface area (TPSA) is 29.9 Å². The Labute approximate surface area is 167 Å². The van der Waals surface area contributed by atoms with E-state index in [1.165, 1.54) is 5.56 Å². The van der Waals surface area contributed by atoms with Crippen molar-refractivity contribution in [2.24, 2.45) is 0 Å². The zero-order valence-electron chi connectivity index (χ0n) is 14.4. The predicted molar refractivity (Wildman–Crippen MR) is 112 cm³/mol. The zero-order chi connectivity index (χ0) is 18.4.